The van der Waals surface area contributed by atoms with E-state index in [1.165, 1.54) is 7.11 Å². The average molecular weight is 364 g/mol. The lowest BCUT2D eigenvalue weighted by molar-refractivity contribution is -0.234. The predicted octanol–water partition coefficient (Wildman–Crippen LogP) is 2.99. The minimum absolute atomic E-state index is 0.359. The van der Waals surface area contributed by atoms with Gasteiger partial charge in [0.1, 0.15) is 6.10 Å². The highest BCUT2D eigenvalue weighted by Gasteiger charge is 2.48. The van der Waals surface area contributed by atoms with Gasteiger partial charge in [0.2, 0.25) is 0 Å². The zero-order chi connectivity index (χ0) is 19.5. The SMILES string of the molecule is COC1C(OC(=O)c2ccccc2)C(C)OC(C)C1OC(=O)C(C)(C)C. The van der Waals surface area contributed by atoms with E-state index in [2.05, 4.69) is 0 Å². The first-order valence-corrected chi connectivity index (χ1v) is 8.80. The molecule has 0 spiro atoms. The van der Waals surface area contributed by atoms with Gasteiger partial charge in [-0.2, -0.15) is 0 Å². The minimum atomic E-state index is -0.693. The number of rotatable bonds is 4. The van der Waals surface area contributed by atoms with Crippen LogP contribution in [0.1, 0.15) is 45.0 Å². The normalized spacial score (nSPS) is 29.1. The standard InChI is InChI=1S/C20H28O6/c1-12-15(25-18(21)14-10-8-7-9-11-14)17(23-6)16(13(2)24-12)26-19(22)20(3,4)5/h7-13,15-17H,1-6H3. The molecule has 0 N–H and O–H groups in total. The van der Waals surface area contributed by atoms with Gasteiger partial charge in [0.15, 0.2) is 12.2 Å². The van der Waals surface area contributed by atoms with E-state index in [1.54, 1.807) is 45.0 Å². The molecule has 0 amide bonds. The summed E-state index contributed by atoms with van der Waals surface area (Å²) in [6.45, 7) is 8.97. The van der Waals surface area contributed by atoms with Crippen molar-refractivity contribution < 1.29 is 28.5 Å². The molecule has 0 bridgehead atoms. The van der Waals surface area contributed by atoms with Crippen molar-refractivity contribution in [3.63, 3.8) is 0 Å². The summed E-state index contributed by atoms with van der Waals surface area (Å²) in [5.74, 6) is -0.828. The fourth-order valence-electron chi connectivity index (χ4n) is 2.87. The Bertz CT molecular complexity index is 621. The molecule has 1 aliphatic rings. The van der Waals surface area contributed by atoms with Crippen LogP contribution in [0.5, 0.6) is 0 Å². The summed E-state index contributed by atoms with van der Waals surface area (Å²) in [5, 5.41) is 0. The Morgan fingerprint density at radius 3 is 1.96 bits per heavy atom. The van der Waals surface area contributed by atoms with Gasteiger partial charge in [-0.15, -0.1) is 0 Å². The summed E-state index contributed by atoms with van der Waals surface area (Å²) in [7, 11) is 1.51. The quantitative estimate of drug-likeness (QED) is 0.765. The van der Waals surface area contributed by atoms with Crippen LogP contribution in [0.3, 0.4) is 0 Å². The van der Waals surface area contributed by atoms with Gasteiger partial charge in [-0.05, 0) is 46.8 Å². The third-order valence-electron chi connectivity index (χ3n) is 4.38. The molecule has 1 aromatic rings. The maximum atomic E-state index is 12.4. The molecule has 2 rings (SSSR count). The lowest BCUT2D eigenvalue weighted by Crippen LogP contribution is -2.59. The van der Waals surface area contributed by atoms with Gasteiger partial charge in [0, 0.05) is 7.11 Å². The summed E-state index contributed by atoms with van der Waals surface area (Å²) in [4.78, 5) is 24.8. The van der Waals surface area contributed by atoms with Gasteiger partial charge in [-0.1, -0.05) is 18.2 Å². The van der Waals surface area contributed by atoms with E-state index in [9.17, 15) is 9.59 Å². The van der Waals surface area contributed by atoms with E-state index in [4.69, 9.17) is 18.9 Å². The summed E-state index contributed by atoms with van der Waals surface area (Å²) in [5.41, 5.74) is -0.214. The number of ether oxygens (including phenoxy) is 4. The average Bonchev–Trinajstić information content (AvgIpc) is 2.58. The van der Waals surface area contributed by atoms with E-state index >= 15 is 0 Å². The highest BCUT2D eigenvalue weighted by Crippen LogP contribution is 2.30. The summed E-state index contributed by atoms with van der Waals surface area (Å²) >= 11 is 0. The van der Waals surface area contributed by atoms with Gasteiger partial charge >= 0.3 is 11.9 Å². The van der Waals surface area contributed by atoms with Gasteiger partial charge in [-0.25, -0.2) is 4.79 Å². The third kappa shape index (κ3) is 4.62. The molecule has 0 saturated carbocycles. The van der Waals surface area contributed by atoms with Crippen molar-refractivity contribution in [2.24, 2.45) is 5.41 Å². The van der Waals surface area contributed by atoms with Gasteiger partial charge in [0.25, 0.3) is 0 Å². The molecule has 1 heterocycles. The third-order valence-corrected chi connectivity index (χ3v) is 4.38. The Kier molecular flexibility index (Phi) is 6.42. The molecule has 26 heavy (non-hydrogen) atoms. The molecular weight excluding hydrogens is 336 g/mol. The molecule has 6 heteroatoms. The highest BCUT2D eigenvalue weighted by molar-refractivity contribution is 5.89. The fourth-order valence-corrected chi connectivity index (χ4v) is 2.87. The van der Waals surface area contributed by atoms with Gasteiger partial charge in [-0.3, -0.25) is 4.79 Å². The largest absolute Gasteiger partial charge is 0.456 e. The highest BCUT2D eigenvalue weighted by atomic mass is 16.6. The van der Waals surface area contributed by atoms with Crippen LogP contribution >= 0.6 is 0 Å². The number of methoxy groups -OCH3 is 1. The van der Waals surface area contributed by atoms with Crippen molar-refractivity contribution in [3.05, 3.63) is 35.9 Å². The zero-order valence-corrected chi connectivity index (χ0v) is 16.2. The zero-order valence-electron chi connectivity index (χ0n) is 16.2. The van der Waals surface area contributed by atoms with Gasteiger partial charge in [0.05, 0.1) is 23.2 Å². The Morgan fingerprint density at radius 1 is 0.923 bits per heavy atom. The minimum Gasteiger partial charge on any atom is -0.456 e. The second-order valence-corrected chi connectivity index (χ2v) is 7.60. The van der Waals surface area contributed by atoms with Crippen LogP contribution in [0, 0.1) is 5.41 Å². The number of hydrogen-bond acceptors (Lipinski definition) is 6. The van der Waals surface area contributed by atoms with Crippen LogP contribution in [0.2, 0.25) is 0 Å². The second-order valence-electron chi connectivity index (χ2n) is 7.60. The Hall–Kier alpha value is -1.92. The Balaban J connectivity index is 2.19. The Morgan fingerprint density at radius 2 is 1.46 bits per heavy atom. The molecule has 1 aliphatic heterocycles. The molecular formula is C20H28O6. The molecule has 0 aromatic heterocycles. The molecule has 0 aliphatic carbocycles. The molecule has 1 aromatic carbocycles. The summed E-state index contributed by atoms with van der Waals surface area (Å²) < 4.78 is 22.7. The molecule has 5 atom stereocenters. The maximum absolute atomic E-state index is 12.4. The van der Waals surface area contributed by atoms with Crippen LogP contribution in [-0.4, -0.2) is 49.6 Å². The monoisotopic (exact) mass is 364 g/mol. The molecule has 1 saturated heterocycles. The van der Waals surface area contributed by atoms with Crippen LogP contribution < -0.4 is 0 Å². The molecule has 1 fully saturated rings. The second kappa shape index (κ2) is 8.18. The van der Waals surface area contributed by atoms with Crippen LogP contribution in [-0.2, 0) is 23.7 Å². The van der Waals surface area contributed by atoms with E-state index < -0.39 is 35.8 Å². The maximum Gasteiger partial charge on any atom is 0.338 e. The van der Waals surface area contributed by atoms with Crippen molar-refractivity contribution in [2.45, 2.75) is 65.1 Å². The van der Waals surface area contributed by atoms with Crippen molar-refractivity contribution >= 4 is 11.9 Å². The first kappa shape index (κ1) is 20.4. The van der Waals surface area contributed by atoms with Crippen LogP contribution in [0.25, 0.3) is 0 Å². The van der Waals surface area contributed by atoms with Gasteiger partial charge < -0.3 is 18.9 Å². The number of esters is 2. The number of carbonyl (C=O) groups is 2. The van der Waals surface area contributed by atoms with Crippen molar-refractivity contribution in [2.75, 3.05) is 7.11 Å². The fraction of sp³-hybridized carbons (Fsp3) is 0.600. The van der Waals surface area contributed by atoms with Crippen LogP contribution in [0.15, 0.2) is 30.3 Å². The van der Waals surface area contributed by atoms with Crippen molar-refractivity contribution in [1.29, 1.82) is 0 Å². The molecule has 5 unspecified atom stereocenters. The lowest BCUT2D eigenvalue weighted by atomic mass is 9.94. The number of hydrogen-bond donors (Lipinski definition) is 0. The smallest absolute Gasteiger partial charge is 0.338 e. The van der Waals surface area contributed by atoms with Crippen molar-refractivity contribution in [1.82, 2.24) is 0 Å². The van der Waals surface area contributed by atoms with E-state index in [-0.39, 0.29) is 12.1 Å². The number of carbonyl (C=O) groups excluding carboxylic acids is 2. The first-order valence-electron chi connectivity index (χ1n) is 8.80. The van der Waals surface area contributed by atoms with E-state index in [0.717, 1.165) is 0 Å². The van der Waals surface area contributed by atoms with E-state index in [0.29, 0.717) is 5.56 Å². The predicted molar refractivity (Wildman–Crippen MR) is 95.8 cm³/mol. The van der Waals surface area contributed by atoms with E-state index in [1.807, 2.05) is 19.9 Å². The molecule has 0 radical (unpaired) electrons. The molecule has 144 valence electrons. The topological polar surface area (TPSA) is 71.1 Å². The Labute approximate surface area is 154 Å². The number of benzene rings is 1. The summed E-state index contributed by atoms with van der Waals surface area (Å²) in [6, 6.07) is 8.71. The van der Waals surface area contributed by atoms with Crippen LogP contribution in [0.4, 0.5) is 0 Å². The lowest BCUT2D eigenvalue weighted by Gasteiger charge is -2.43. The first-order chi connectivity index (χ1) is 12.1. The summed E-state index contributed by atoms with van der Waals surface area (Å²) in [6.07, 6.45) is -2.76. The molecule has 6 nitrogen and oxygen atoms in total. The van der Waals surface area contributed by atoms with Crippen molar-refractivity contribution in [3.8, 4) is 0 Å².